The average Bonchev–Trinajstić information content (AvgIpc) is 3.21. The second-order valence-electron chi connectivity index (χ2n) is 6.49. The lowest BCUT2D eigenvalue weighted by atomic mass is 10.2. The first-order chi connectivity index (χ1) is 13.8. The summed E-state index contributed by atoms with van der Waals surface area (Å²) in [7, 11) is -3.66. The van der Waals surface area contributed by atoms with Gasteiger partial charge in [-0.1, -0.05) is 17.7 Å². The SMILES string of the molecule is O=S(=O)(c1ccc(F)cc1)N1CCN(c2nc(-c3ccc(Cl)c(F)c3)cs2)CC1. The standard InChI is InChI=1S/C19H16ClF2N3O2S2/c20-16-6-1-13(11-17(16)22)18-12-28-19(23-18)24-7-9-25(10-8-24)29(26,27)15-4-2-14(21)3-5-15/h1-6,11-12H,7-10H2. The minimum atomic E-state index is -3.66. The van der Waals surface area contributed by atoms with E-state index in [0.29, 0.717) is 37.4 Å². The zero-order valence-corrected chi connectivity index (χ0v) is 17.4. The normalized spacial score (nSPS) is 15.6. The zero-order chi connectivity index (χ0) is 20.6. The Morgan fingerprint density at radius 3 is 2.34 bits per heavy atom. The van der Waals surface area contributed by atoms with Crippen LogP contribution >= 0.6 is 22.9 Å². The molecule has 0 atom stereocenters. The smallest absolute Gasteiger partial charge is 0.243 e. The maximum Gasteiger partial charge on any atom is 0.243 e. The molecule has 2 heterocycles. The van der Waals surface area contributed by atoms with Crippen LogP contribution in [0.5, 0.6) is 0 Å². The largest absolute Gasteiger partial charge is 0.345 e. The molecule has 1 aliphatic heterocycles. The molecule has 3 aromatic rings. The zero-order valence-electron chi connectivity index (χ0n) is 15.1. The van der Waals surface area contributed by atoms with Crippen molar-refractivity contribution in [2.24, 2.45) is 0 Å². The van der Waals surface area contributed by atoms with Crippen LogP contribution in [0.25, 0.3) is 11.3 Å². The molecular formula is C19H16ClF2N3O2S2. The third kappa shape index (κ3) is 4.13. The summed E-state index contributed by atoms with van der Waals surface area (Å²) in [4.78, 5) is 6.63. The van der Waals surface area contributed by atoms with Crippen molar-refractivity contribution in [1.82, 2.24) is 9.29 Å². The van der Waals surface area contributed by atoms with E-state index in [9.17, 15) is 17.2 Å². The Bertz CT molecular complexity index is 1130. The number of thiazole rings is 1. The topological polar surface area (TPSA) is 53.5 Å². The van der Waals surface area contributed by atoms with Gasteiger partial charge >= 0.3 is 0 Å². The molecule has 0 spiro atoms. The number of rotatable bonds is 4. The first-order valence-electron chi connectivity index (χ1n) is 8.76. The summed E-state index contributed by atoms with van der Waals surface area (Å²) in [6.07, 6.45) is 0. The molecule has 0 bridgehead atoms. The van der Waals surface area contributed by atoms with Gasteiger partial charge in [0.25, 0.3) is 0 Å². The van der Waals surface area contributed by atoms with Crippen molar-refractivity contribution in [1.29, 1.82) is 0 Å². The number of aromatic nitrogens is 1. The van der Waals surface area contributed by atoms with Gasteiger partial charge in [-0.05, 0) is 36.4 Å². The van der Waals surface area contributed by atoms with Crippen LogP contribution in [0.15, 0.2) is 52.7 Å². The summed E-state index contributed by atoms with van der Waals surface area (Å²) in [5, 5.41) is 2.64. The van der Waals surface area contributed by atoms with Gasteiger partial charge in [-0.2, -0.15) is 4.31 Å². The van der Waals surface area contributed by atoms with Crippen LogP contribution in [-0.4, -0.2) is 43.9 Å². The van der Waals surface area contributed by atoms with Crippen LogP contribution in [0.4, 0.5) is 13.9 Å². The number of anilines is 1. The Hall–Kier alpha value is -2.07. The van der Waals surface area contributed by atoms with Crippen molar-refractivity contribution in [2.75, 3.05) is 31.1 Å². The van der Waals surface area contributed by atoms with Gasteiger partial charge in [0, 0.05) is 37.1 Å². The molecule has 0 radical (unpaired) electrons. The Balaban J connectivity index is 1.45. The first kappa shape index (κ1) is 20.2. The predicted octanol–water partition coefficient (Wildman–Crippen LogP) is 4.25. The molecule has 29 heavy (non-hydrogen) atoms. The van der Waals surface area contributed by atoms with Gasteiger partial charge in [0.15, 0.2) is 5.13 Å². The fraction of sp³-hybridized carbons (Fsp3) is 0.211. The Morgan fingerprint density at radius 2 is 1.69 bits per heavy atom. The maximum absolute atomic E-state index is 13.7. The summed E-state index contributed by atoms with van der Waals surface area (Å²) < 4.78 is 53.6. The Morgan fingerprint density at radius 1 is 1.00 bits per heavy atom. The lowest BCUT2D eigenvalue weighted by Gasteiger charge is -2.33. The highest BCUT2D eigenvalue weighted by atomic mass is 35.5. The van der Waals surface area contributed by atoms with E-state index in [1.165, 1.54) is 39.9 Å². The van der Waals surface area contributed by atoms with Gasteiger partial charge < -0.3 is 4.90 Å². The van der Waals surface area contributed by atoms with E-state index >= 15 is 0 Å². The van der Waals surface area contributed by atoms with Crippen molar-refractivity contribution in [3.63, 3.8) is 0 Å². The minimum Gasteiger partial charge on any atom is -0.345 e. The third-order valence-electron chi connectivity index (χ3n) is 4.67. The fourth-order valence-corrected chi connectivity index (χ4v) is 5.50. The third-order valence-corrected chi connectivity index (χ3v) is 7.79. The molecule has 1 aromatic heterocycles. The van der Waals surface area contributed by atoms with Gasteiger partial charge in [-0.3, -0.25) is 0 Å². The fourth-order valence-electron chi connectivity index (χ4n) is 3.07. The highest BCUT2D eigenvalue weighted by molar-refractivity contribution is 7.89. The Kier molecular flexibility index (Phi) is 5.56. The second-order valence-corrected chi connectivity index (χ2v) is 9.67. The number of benzene rings is 2. The van der Waals surface area contributed by atoms with Gasteiger partial charge in [0.1, 0.15) is 11.6 Å². The lowest BCUT2D eigenvalue weighted by molar-refractivity contribution is 0.384. The van der Waals surface area contributed by atoms with Gasteiger partial charge in [-0.25, -0.2) is 22.2 Å². The molecule has 0 aliphatic carbocycles. The molecule has 10 heteroatoms. The maximum atomic E-state index is 13.7. The van der Waals surface area contributed by atoms with Crippen LogP contribution in [0.1, 0.15) is 0 Å². The Labute approximate surface area is 176 Å². The van der Waals surface area contributed by atoms with E-state index in [4.69, 9.17) is 11.6 Å². The van der Waals surface area contributed by atoms with E-state index in [2.05, 4.69) is 4.98 Å². The summed E-state index contributed by atoms with van der Waals surface area (Å²) in [6, 6.07) is 9.36. The molecule has 5 nitrogen and oxygen atoms in total. The number of halogens is 3. The van der Waals surface area contributed by atoms with Crippen molar-refractivity contribution in [2.45, 2.75) is 4.90 Å². The number of piperazine rings is 1. The molecule has 0 unspecified atom stereocenters. The van der Waals surface area contributed by atoms with Crippen molar-refractivity contribution in [3.8, 4) is 11.3 Å². The van der Waals surface area contributed by atoms with E-state index in [-0.39, 0.29) is 9.92 Å². The van der Waals surface area contributed by atoms with E-state index in [0.717, 1.165) is 17.3 Å². The van der Waals surface area contributed by atoms with Gasteiger partial charge in [-0.15, -0.1) is 11.3 Å². The van der Waals surface area contributed by atoms with Crippen LogP contribution in [0.2, 0.25) is 5.02 Å². The number of sulfonamides is 1. The van der Waals surface area contributed by atoms with Crippen molar-refractivity contribution >= 4 is 38.1 Å². The van der Waals surface area contributed by atoms with Crippen molar-refractivity contribution in [3.05, 3.63) is 64.5 Å². The van der Waals surface area contributed by atoms with Gasteiger partial charge in [0.05, 0.1) is 15.6 Å². The molecule has 0 N–H and O–H groups in total. The molecular weight excluding hydrogens is 440 g/mol. The van der Waals surface area contributed by atoms with Crippen LogP contribution in [0, 0.1) is 11.6 Å². The second kappa shape index (κ2) is 7.98. The van der Waals surface area contributed by atoms with Crippen LogP contribution in [0.3, 0.4) is 0 Å². The predicted molar refractivity (Wildman–Crippen MR) is 110 cm³/mol. The molecule has 2 aromatic carbocycles. The molecule has 1 fully saturated rings. The highest BCUT2D eigenvalue weighted by Gasteiger charge is 2.29. The van der Waals surface area contributed by atoms with Crippen molar-refractivity contribution < 1.29 is 17.2 Å². The number of hydrogen-bond acceptors (Lipinski definition) is 5. The van der Waals surface area contributed by atoms with E-state index in [1.807, 2.05) is 10.3 Å². The summed E-state index contributed by atoms with van der Waals surface area (Å²) in [5.74, 6) is -0.979. The molecule has 0 saturated carbocycles. The molecule has 4 rings (SSSR count). The number of nitrogens with zero attached hydrogens (tertiary/aromatic N) is 3. The molecule has 1 aliphatic rings. The quantitative estimate of drug-likeness (QED) is 0.590. The van der Waals surface area contributed by atoms with E-state index in [1.54, 1.807) is 6.07 Å². The lowest BCUT2D eigenvalue weighted by Crippen LogP contribution is -2.48. The van der Waals surface area contributed by atoms with Crippen LogP contribution in [-0.2, 0) is 10.0 Å². The van der Waals surface area contributed by atoms with Gasteiger partial charge in [0.2, 0.25) is 10.0 Å². The number of hydrogen-bond donors (Lipinski definition) is 0. The molecule has 1 saturated heterocycles. The van der Waals surface area contributed by atoms with Crippen LogP contribution < -0.4 is 4.90 Å². The summed E-state index contributed by atoms with van der Waals surface area (Å²) in [6.45, 7) is 1.54. The molecule has 152 valence electrons. The monoisotopic (exact) mass is 455 g/mol. The average molecular weight is 456 g/mol. The van der Waals surface area contributed by atoms with E-state index < -0.39 is 21.7 Å². The summed E-state index contributed by atoms with van der Waals surface area (Å²) in [5.41, 5.74) is 1.27. The molecule has 0 amide bonds. The minimum absolute atomic E-state index is 0.0580. The summed E-state index contributed by atoms with van der Waals surface area (Å²) >= 11 is 7.14. The highest BCUT2D eigenvalue weighted by Crippen LogP contribution is 2.30. The first-order valence-corrected chi connectivity index (χ1v) is 11.5.